The molecular weight excluding hydrogens is 606 g/mol. The number of alkyl halides is 2. The van der Waals surface area contributed by atoms with E-state index in [4.69, 9.17) is 4.74 Å². The second-order valence-electron chi connectivity index (χ2n) is 11.5. The van der Waals surface area contributed by atoms with Crippen LogP contribution < -0.4 is 15.5 Å². The molecule has 3 aromatic rings. The molecule has 0 spiro atoms. The predicted octanol–water partition coefficient (Wildman–Crippen LogP) is 5.68. The van der Waals surface area contributed by atoms with Crippen molar-refractivity contribution in [1.82, 2.24) is 19.8 Å². The maximum absolute atomic E-state index is 13.2. The molecule has 12 heteroatoms. The van der Waals surface area contributed by atoms with Gasteiger partial charge in [-0.2, -0.15) is 0 Å². The zero-order chi connectivity index (χ0) is 33.8. The zero-order valence-electron chi connectivity index (χ0n) is 27.1. The minimum atomic E-state index is -2.57. The number of rotatable bonds is 14. The van der Waals surface area contributed by atoms with Crippen molar-refractivity contribution in [3.05, 3.63) is 89.5 Å². The summed E-state index contributed by atoms with van der Waals surface area (Å²) >= 11 is 0. The second kappa shape index (κ2) is 17.5. The van der Waals surface area contributed by atoms with E-state index in [1.54, 1.807) is 48.7 Å². The van der Waals surface area contributed by atoms with Crippen LogP contribution in [0.25, 0.3) is 12.2 Å². The van der Waals surface area contributed by atoms with E-state index in [0.717, 1.165) is 31.5 Å². The largest absolute Gasteiger partial charge is 0.392 e. The number of likely N-dealkylation sites (tertiary alicyclic amines) is 1. The van der Waals surface area contributed by atoms with E-state index in [-0.39, 0.29) is 31.2 Å². The van der Waals surface area contributed by atoms with Crippen LogP contribution in [-0.4, -0.2) is 90.5 Å². The third-order valence-electron chi connectivity index (χ3n) is 7.94. The van der Waals surface area contributed by atoms with Crippen LogP contribution in [0, 0.1) is 0 Å². The fourth-order valence-electron chi connectivity index (χ4n) is 5.61. The normalized spacial score (nSPS) is 15.0. The highest BCUT2D eigenvalue weighted by Crippen LogP contribution is 2.28. The maximum atomic E-state index is 13.2. The molecule has 10 nitrogen and oxygen atoms in total. The number of β-amino-alcohol motifs (C(OH)–C–C–N with tert-alkyl or cyclic N) is 1. The van der Waals surface area contributed by atoms with Crippen LogP contribution in [0.1, 0.15) is 59.8 Å². The van der Waals surface area contributed by atoms with Crippen LogP contribution in [0.2, 0.25) is 0 Å². The van der Waals surface area contributed by atoms with Gasteiger partial charge in [0.25, 0.3) is 12.3 Å². The van der Waals surface area contributed by atoms with Gasteiger partial charge < -0.3 is 30.3 Å². The number of carbonyl (C=O) groups is 2. The van der Waals surface area contributed by atoms with Crippen molar-refractivity contribution in [1.29, 1.82) is 0 Å². The molecule has 0 aliphatic carbocycles. The Labute approximate surface area is 274 Å². The molecule has 1 aliphatic rings. The summed E-state index contributed by atoms with van der Waals surface area (Å²) in [6.07, 6.45) is 9.57. The number of aromatic nitrogens is 2. The lowest BCUT2D eigenvalue weighted by molar-refractivity contribution is 0.0205. The number of nitrogens with zero attached hydrogens (tertiary/aromatic N) is 4. The van der Waals surface area contributed by atoms with Gasteiger partial charge in [0.15, 0.2) is 0 Å². The maximum Gasteiger partial charge on any atom is 0.325 e. The van der Waals surface area contributed by atoms with E-state index in [9.17, 15) is 23.5 Å². The molecule has 0 unspecified atom stereocenters. The summed E-state index contributed by atoms with van der Waals surface area (Å²) in [5, 5.41) is 15.1. The first kappa shape index (κ1) is 35.5. The minimum absolute atomic E-state index is 0.0333. The quantitative estimate of drug-likeness (QED) is 0.193. The first-order valence-corrected chi connectivity index (χ1v) is 15.8. The second-order valence-corrected chi connectivity index (χ2v) is 11.5. The molecule has 47 heavy (non-hydrogen) atoms. The number of halogens is 2. The van der Waals surface area contributed by atoms with Crippen molar-refractivity contribution < 1.29 is 28.2 Å². The molecule has 0 radical (unpaired) electrons. The Kier molecular flexibility index (Phi) is 13.2. The molecule has 3 N–H and O–H groups in total. The minimum Gasteiger partial charge on any atom is -0.392 e. The summed E-state index contributed by atoms with van der Waals surface area (Å²) < 4.78 is 32.0. The number of anilines is 2. The summed E-state index contributed by atoms with van der Waals surface area (Å²) in [6.45, 7) is 5.83. The molecule has 1 aliphatic heterocycles. The molecule has 3 heterocycles. The average molecular weight is 651 g/mol. The monoisotopic (exact) mass is 650 g/mol. The number of ether oxygens (including phenoxy) is 1. The zero-order valence-corrected chi connectivity index (χ0v) is 27.1. The van der Waals surface area contributed by atoms with Crippen LogP contribution in [0.15, 0.2) is 67.1 Å². The molecule has 1 atom stereocenters. The van der Waals surface area contributed by atoms with Gasteiger partial charge in [-0.15, -0.1) is 0 Å². The van der Waals surface area contributed by atoms with E-state index in [0.29, 0.717) is 35.2 Å². The standard InChI is InChI=1S/C35H44F2N6O4/c1-4-5-31-28(14-19-43(31)35(46)38-3)13-18-42(20-21-47-24-32(36)37)30-10-15-39-33(22-30)40-34(45)29-8-6-26(7-9-29)27-11-16-41(17-12-27)23-25(2)44/h4-10,13-15,18-19,22,25,27,32,44H,11-12,16-17,20-21,23-24H2,1-3H3,(H,38,46)(H,39,40,45)/b5-4-,18-13+/t25-/m0/s1. The summed E-state index contributed by atoms with van der Waals surface area (Å²) in [4.78, 5) is 33.9. The third-order valence-corrected chi connectivity index (χ3v) is 7.94. The molecule has 252 valence electrons. The number of aliphatic hydroxyl groups is 1. The summed E-state index contributed by atoms with van der Waals surface area (Å²) in [5.74, 6) is 0.437. The van der Waals surface area contributed by atoms with E-state index in [2.05, 4.69) is 20.5 Å². The van der Waals surface area contributed by atoms with E-state index < -0.39 is 13.0 Å². The Bertz CT molecular complexity index is 1510. The Hall–Kier alpha value is -4.39. The SMILES string of the molecule is C/C=C\c1c(/C=C/N(CCOCC(F)F)c2ccnc(NC(=O)c3ccc(C4CCN(C[C@H](C)O)CC4)cc3)c2)ccn1C(=O)NC. The van der Waals surface area contributed by atoms with Gasteiger partial charge in [0.05, 0.1) is 18.4 Å². The van der Waals surface area contributed by atoms with Crippen LogP contribution >= 0.6 is 0 Å². The Balaban J connectivity index is 1.46. The van der Waals surface area contributed by atoms with Gasteiger partial charge in [0.1, 0.15) is 12.4 Å². The smallest absolute Gasteiger partial charge is 0.325 e. The fourth-order valence-corrected chi connectivity index (χ4v) is 5.61. The lowest BCUT2D eigenvalue weighted by Gasteiger charge is -2.32. The van der Waals surface area contributed by atoms with Gasteiger partial charge in [-0.05, 0) is 87.7 Å². The van der Waals surface area contributed by atoms with Gasteiger partial charge in [-0.25, -0.2) is 18.6 Å². The lowest BCUT2D eigenvalue weighted by atomic mass is 9.89. The highest BCUT2D eigenvalue weighted by molar-refractivity contribution is 6.04. The number of aliphatic hydroxyl groups excluding tert-OH is 1. The summed E-state index contributed by atoms with van der Waals surface area (Å²) in [7, 11) is 1.55. The molecule has 0 bridgehead atoms. The van der Waals surface area contributed by atoms with Crippen LogP contribution in [0.4, 0.5) is 25.1 Å². The molecule has 1 fully saturated rings. The van der Waals surface area contributed by atoms with Crippen molar-refractivity contribution in [2.75, 3.05) is 56.7 Å². The Morgan fingerprint density at radius 1 is 1.15 bits per heavy atom. The number of carbonyl (C=O) groups excluding carboxylic acids is 2. The summed E-state index contributed by atoms with van der Waals surface area (Å²) in [6, 6.07) is 12.6. The number of nitrogens with one attached hydrogen (secondary N) is 2. The molecule has 1 saturated heterocycles. The topological polar surface area (TPSA) is 112 Å². The summed E-state index contributed by atoms with van der Waals surface area (Å²) in [5.41, 5.74) is 3.79. The number of allylic oxidation sites excluding steroid dienone is 1. The van der Waals surface area contributed by atoms with E-state index >= 15 is 0 Å². The number of amides is 2. The Morgan fingerprint density at radius 3 is 2.55 bits per heavy atom. The molecule has 4 rings (SSSR count). The van der Waals surface area contributed by atoms with Crippen molar-refractivity contribution in [2.24, 2.45) is 0 Å². The molecule has 1 aromatic carbocycles. The highest BCUT2D eigenvalue weighted by atomic mass is 19.3. The number of hydrogen-bond acceptors (Lipinski definition) is 7. The first-order valence-electron chi connectivity index (χ1n) is 15.8. The third kappa shape index (κ3) is 10.3. The van der Waals surface area contributed by atoms with Gasteiger partial charge >= 0.3 is 6.03 Å². The van der Waals surface area contributed by atoms with Gasteiger partial charge in [0.2, 0.25) is 0 Å². The average Bonchev–Trinajstić information content (AvgIpc) is 3.46. The molecule has 2 aromatic heterocycles. The fraction of sp³-hybridized carbons (Fsp3) is 0.400. The molecule has 0 saturated carbocycles. The van der Waals surface area contributed by atoms with Gasteiger partial charge in [0, 0.05) is 61.6 Å². The number of piperidine rings is 1. The number of hydrogen-bond donors (Lipinski definition) is 3. The van der Waals surface area contributed by atoms with Crippen LogP contribution in [-0.2, 0) is 4.74 Å². The van der Waals surface area contributed by atoms with E-state index in [1.165, 1.54) is 10.1 Å². The molecular formula is C35H44F2N6O4. The van der Waals surface area contributed by atoms with Crippen molar-refractivity contribution >= 4 is 35.6 Å². The number of benzene rings is 1. The molecule has 2 amide bonds. The Morgan fingerprint density at radius 2 is 1.89 bits per heavy atom. The van der Waals surface area contributed by atoms with Gasteiger partial charge in [-0.1, -0.05) is 18.2 Å². The number of pyridine rings is 1. The first-order chi connectivity index (χ1) is 22.7. The van der Waals surface area contributed by atoms with Crippen LogP contribution in [0.3, 0.4) is 0 Å². The highest BCUT2D eigenvalue weighted by Gasteiger charge is 2.22. The van der Waals surface area contributed by atoms with E-state index in [1.807, 2.05) is 56.3 Å². The van der Waals surface area contributed by atoms with Crippen molar-refractivity contribution in [2.45, 2.75) is 45.1 Å². The van der Waals surface area contributed by atoms with Crippen molar-refractivity contribution in [3.63, 3.8) is 0 Å². The predicted molar refractivity (Wildman–Crippen MR) is 181 cm³/mol. The lowest BCUT2D eigenvalue weighted by Crippen LogP contribution is -2.37. The van der Waals surface area contributed by atoms with Gasteiger partial charge in [-0.3, -0.25) is 9.36 Å². The van der Waals surface area contributed by atoms with Crippen LogP contribution in [0.5, 0.6) is 0 Å². The van der Waals surface area contributed by atoms with Crippen molar-refractivity contribution in [3.8, 4) is 0 Å².